The molecule has 0 bridgehead atoms. The van der Waals surface area contributed by atoms with E-state index in [-0.39, 0.29) is 37.0 Å². The summed E-state index contributed by atoms with van der Waals surface area (Å²) in [6.07, 6.45) is 0. The van der Waals surface area contributed by atoms with Gasteiger partial charge in [0.05, 0.1) is 20.4 Å². The van der Waals surface area contributed by atoms with Crippen LogP contribution in [-0.2, 0) is 14.6 Å². The average molecular weight is 546 g/mol. The molecule has 1 fully saturated rings. The van der Waals surface area contributed by atoms with Crippen molar-refractivity contribution in [1.82, 2.24) is 15.1 Å². The highest BCUT2D eigenvalue weighted by Gasteiger charge is 2.39. The van der Waals surface area contributed by atoms with Gasteiger partial charge in [-0.25, -0.2) is 8.42 Å². The molecule has 11 heteroatoms. The first-order valence-corrected chi connectivity index (χ1v) is 14.0. The minimum atomic E-state index is -4.25. The van der Waals surface area contributed by atoms with Crippen LogP contribution in [-0.4, -0.2) is 67.5 Å². The predicted octanol–water partition coefficient (Wildman–Crippen LogP) is 3.22. The number of carbonyl (C=O) groups excluding carboxylic acids is 3. The number of rotatable bonds is 6. The SMILES string of the molecule is Cc1ccc(S(=O)(=O)[C@H](NC(=O)c2cccs2)C(=O)N2CCN(C(=O)c3ccccc3Cl)CC2)cc1. The number of sulfone groups is 1. The van der Waals surface area contributed by atoms with Gasteiger partial charge in [-0.1, -0.05) is 47.5 Å². The molecule has 3 amide bonds. The van der Waals surface area contributed by atoms with Crippen molar-refractivity contribution in [3.8, 4) is 0 Å². The number of amides is 3. The maximum absolute atomic E-state index is 13.5. The molecule has 4 rings (SSSR count). The van der Waals surface area contributed by atoms with Crippen molar-refractivity contribution in [3.63, 3.8) is 0 Å². The second-order valence-electron chi connectivity index (χ2n) is 8.29. The fourth-order valence-corrected chi connectivity index (χ4v) is 6.14. The van der Waals surface area contributed by atoms with Gasteiger partial charge in [-0.2, -0.15) is 0 Å². The summed E-state index contributed by atoms with van der Waals surface area (Å²) < 4.78 is 27.0. The summed E-state index contributed by atoms with van der Waals surface area (Å²) in [6, 6.07) is 16.0. The van der Waals surface area contributed by atoms with Gasteiger partial charge in [0.2, 0.25) is 15.2 Å². The fourth-order valence-electron chi connectivity index (χ4n) is 3.83. The maximum atomic E-state index is 13.5. The zero-order chi connectivity index (χ0) is 25.9. The number of carbonyl (C=O) groups is 3. The highest BCUT2D eigenvalue weighted by molar-refractivity contribution is 7.92. The molecule has 1 aliphatic rings. The van der Waals surface area contributed by atoms with E-state index in [1.165, 1.54) is 17.0 Å². The number of benzene rings is 2. The number of hydrogen-bond donors (Lipinski definition) is 1. The Hall–Kier alpha value is -3.21. The zero-order valence-corrected chi connectivity index (χ0v) is 21.8. The molecule has 3 aromatic rings. The normalized spacial score (nSPS) is 14.8. The molecule has 36 heavy (non-hydrogen) atoms. The standard InChI is InChI=1S/C25H24ClN3O5S2/c1-17-8-10-18(11-9-17)36(33,34)23(27-22(30)21-7-4-16-35-21)25(32)29-14-12-28(13-15-29)24(31)19-5-2-3-6-20(19)26/h2-11,16,23H,12-15H2,1H3,(H,27,30)/t23-/m0/s1. The van der Waals surface area contributed by atoms with E-state index in [1.807, 2.05) is 6.92 Å². The highest BCUT2D eigenvalue weighted by Crippen LogP contribution is 2.21. The summed E-state index contributed by atoms with van der Waals surface area (Å²) >= 11 is 7.29. The number of piperazine rings is 1. The first-order chi connectivity index (χ1) is 17.2. The van der Waals surface area contributed by atoms with Crippen LogP contribution in [0.25, 0.3) is 0 Å². The minimum Gasteiger partial charge on any atom is -0.336 e. The molecule has 1 atom stereocenters. The van der Waals surface area contributed by atoms with Crippen molar-refractivity contribution < 1.29 is 22.8 Å². The van der Waals surface area contributed by atoms with Gasteiger partial charge in [0, 0.05) is 26.2 Å². The van der Waals surface area contributed by atoms with Crippen molar-refractivity contribution in [2.75, 3.05) is 26.2 Å². The molecule has 1 aliphatic heterocycles. The quantitative estimate of drug-likeness (QED) is 0.512. The van der Waals surface area contributed by atoms with Crippen LogP contribution in [0.3, 0.4) is 0 Å². The molecule has 1 aromatic heterocycles. The van der Waals surface area contributed by atoms with E-state index < -0.39 is 27.0 Å². The Morgan fingerprint density at radius 3 is 2.17 bits per heavy atom. The van der Waals surface area contributed by atoms with E-state index in [0.29, 0.717) is 15.5 Å². The summed E-state index contributed by atoms with van der Waals surface area (Å²) in [5.74, 6) is -1.65. The van der Waals surface area contributed by atoms with Crippen LogP contribution < -0.4 is 5.32 Å². The van der Waals surface area contributed by atoms with Crippen LogP contribution in [0.5, 0.6) is 0 Å². The van der Waals surface area contributed by atoms with E-state index >= 15 is 0 Å². The Morgan fingerprint density at radius 2 is 1.56 bits per heavy atom. The van der Waals surface area contributed by atoms with E-state index in [4.69, 9.17) is 11.6 Å². The van der Waals surface area contributed by atoms with Gasteiger partial charge in [-0.3, -0.25) is 14.4 Å². The molecule has 2 heterocycles. The molecule has 0 aliphatic carbocycles. The lowest BCUT2D eigenvalue weighted by atomic mass is 10.2. The number of aryl methyl sites for hydroxylation is 1. The van der Waals surface area contributed by atoms with Crippen molar-refractivity contribution in [2.45, 2.75) is 17.2 Å². The highest BCUT2D eigenvalue weighted by atomic mass is 35.5. The van der Waals surface area contributed by atoms with Crippen LogP contribution in [0.1, 0.15) is 25.6 Å². The third-order valence-electron chi connectivity index (χ3n) is 5.87. The number of thiophene rings is 1. The Morgan fingerprint density at radius 1 is 0.917 bits per heavy atom. The number of halogens is 1. The zero-order valence-electron chi connectivity index (χ0n) is 19.4. The Kier molecular flexibility index (Phi) is 7.77. The average Bonchev–Trinajstić information content (AvgIpc) is 3.42. The predicted molar refractivity (Wildman–Crippen MR) is 138 cm³/mol. The summed E-state index contributed by atoms with van der Waals surface area (Å²) in [5, 5.41) is 2.65. The van der Waals surface area contributed by atoms with Crippen molar-refractivity contribution >= 4 is 50.5 Å². The minimum absolute atomic E-state index is 0.0644. The van der Waals surface area contributed by atoms with Crippen molar-refractivity contribution in [1.29, 1.82) is 0 Å². The third kappa shape index (κ3) is 5.45. The first-order valence-electron chi connectivity index (χ1n) is 11.2. The summed E-state index contributed by atoms with van der Waals surface area (Å²) in [7, 11) is -4.25. The fraction of sp³-hybridized carbons (Fsp3) is 0.240. The molecular weight excluding hydrogens is 522 g/mol. The molecule has 1 N–H and O–H groups in total. The second-order valence-corrected chi connectivity index (χ2v) is 11.7. The van der Waals surface area contributed by atoms with Gasteiger partial charge in [-0.05, 0) is 42.6 Å². The number of hydrogen-bond acceptors (Lipinski definition) is 6. The Labute approximate surface area is 218 Å². The van der Waals surface area contributed by atoms with Crippen LogP contribution in [0, 0.1) is 6.92 Å². The van der Waals surface area contributed by atoms with Gasteiger partial charge >= 0.3 is 0 Å². The van der Waals surface area contributed by atoms with E-state index in [2.05, 4.69) is 5.32 Å². The smallest absolute Gasteiger partial charge is 0.262 e. The lowest BCUT2D eigenvalue weighted by molar-refractivity contribution is -0.132. The molecule has 2 aromatic carbocycles. The largest absolute Gasteiger partial charge is 0.336 e. The van der Waals surface area contributed by atoms with E-state index in [9.17, 15) is 22.8 Å². The van der Waals surface area contributed by atoms with E-state index in [1.54, 1.807) is 58.8 Å². The third-order valence-corrected chi connectivity index (χ3v) is 8.94. The van der Waals surface area contributed by atoms with Crippen LogP contribution in [0.2, 0.25) is 5.02 Å². The number of nitrogens with zero attached hydrogens (tertiary/aromatic N) is 2. The van der Waals surface area contributed by atoms with Gasteiger partial charge < -0.3 is 15.1 Å². The lowest BCUT2D eigenvalue weighted by Crippen LogP contribution is -2.57. The molecule has 0 radical (unpaired) electrons. The van der Waals surface area contributed by atoms with Gasteiger partial charge in [0.25, 0.3) is 17.7 Å². The monoisotopic (exact) mass is 545 g/mol. The van der Waals surface area contributed by atoms with E-state index in [0.717, 1.165) is 16.9 Å². The molecule has 8 nitrogen and oxygen atoms in total. The summed E-state index contributed by atoms with van der Waals surface area (Å²) in [4.78, 5) is 42.3. The Bertz CT molecular complexity index is 1370. The molecule has 0 unspecified atom stereocenters. The van der Waals surface area contributed by atoms with Gasteiger partial charge in [0.1, 0.15) is 0 Å². The van der Waals surface area contributed by atoms with Gasteiger partial charge in [-0.15, -0.1) is 11.3 Å². The lowest BCUT2D eigenvalue weighted by Gasteiger charge is -2.36. The van der Waals surface area contributed by atoms with Crippen LogP contribution in [0.15, 0.2) is 70.9 Å². The Balaban J connectivity index is 1.54. The molecule has 0 saturated carbocycles. The molecule has 0 spiro atoms. The maximum Gasteiger partial charge on any atom is 0.262 e. The summed E-state index contributed by atoms with van der Waals surface area (Å²) in [6.45, 7) is 2.45. The molecule has 188 valence electrons. The topological polar surface area (TPSA) is 104 Å². The summed E-state index contributed by atoms with van der Waals surface area (Å²) in [5.41, 5.74) is 1.22. The first kappa shape index (κ1) is 25.9. The molecule has 1 saturated heterocycles. The van der Waals surface area contributed by atoms with Crippen LogP contribution in [0.4, 0.5) is 0 Å². The van der Waals surface area contributed by atoms with Crippen LogP contribution >= 0.6 is 22.9 Å². The van der Waals surface area contributed by atoms with Gasteiger partial charge in [0.15, 0.2) is 0 Å². The molecular formula is C25H24ClN3O5S2. The number of nitrogens with one attached hydrogen (secondary N) is 1. The van der Waals surface area contributed by atoms with Crippen molar-refractivity contribution in [3.05, 3.63) is 87.1 Å². The van der Waals surface area contributed by atoms with Crippen molar-refractivity contribution in [2.24, 2.45) is 0 Å². The second kappa shape index (κ2) is 10.8.